The Bertz CT molecular complexity index is 796. The van der Waals surface area contributed by atoms with Gasteiger partial charge >= 0.3 is 0 Å². The van der Waals surface area contributed by atoms with Crippen LogP contribution in [0.3, 0.4) is 0 Å². The predicted octanol–water partition coefficient (Wildman–Crippen LogP) is 4.30. The number of benzene rings is 2. The first kappa shape index (κ1) is 24.8. The summed E-state index contributed by atoms with van der Waals surface area (Å²) in [5.74, 6) is 1.85. The molecule has 168 valence electrons. The van der Waals surface area contributed by atoms with E-state index >= 15 is 0 Å². The number of methoxy groups -OCH3 is 1. The van der Waals surface area contributed by atoms with E-state index in [1.807, 2.05) is 56.3 Å². The van der Waals surface area contributed by atoms with Crippen molar-refractivity contribution in [3.63, 3.8) is 0 Å². The molecule has 5 nitrogen and oxygen atoms in total. The minimum atomic E-state index is -0.440. The topological polar surface area (TPSA) is 58.6 Å². The van der Waals surface area contributed by atoms with Crippen molar-refractivity contribution in [2.45, 2.75) is 44.9 Å². The van der Waals surface area contributed by atoms with Crippen molar-refractivity contribution in [2.24, 2.45) is 0 Å². The summed E-state index contributed by atoms with van der Waals surface area (Å²) in [5, 5.41) is 2.96. The number of hydrogen-bond donors (Lipinski definition) is 1. The Labute approximate surface area is 190 Å². The van der Waals surface area contributed by atoms with Crippen molar-refractivity contribution in [1.82, 2.24) is 10.2 Å². The third kappa shape index (κ3) is 8.29. The normalized spacial score (nSPS) is 11.6. The lowest BCUT2D eigenvalue weighted by Gasteiger charge is -2.30. The average Bonchev–Trinajstić information content (AvgIpc) is 2.81. The van der Waals surface area contributed by atoms with Gasteiger partial charge in [0.05, 0.1) is 12.9 Å². The van der Waals surface area contributed by atoms with Crippen molar-refractivity contribution in [1.29, 1.82) is 0 Å². The fourth-order valence-corrected chi connectivity index (χ4v) is 4.19. The molecule has 0 fully saturated rings. The van der Waals surface area contributed by atoms with Gasteiger partial charge in [0, 0.05) is 18.8 Å². The molecule has 31 heavy (non-hydrogen) atoms. The molecule has 1 N–H and O–H groups in total. The van der Waals surface area contributed by atoms with Crippen LogP contribution in [0.25, 0.3) is 0 Å². The van der Waals surface area contributed by atoms with Gasteiger partial charge in [-0.3, -0.25) is 9.59 Å². The Morgan fingerprint density at radius 2 is 1.74 bits per heavy atom. The maximum atomic E-state index is 13.1. The van der Waals surface area contributed by atoms with Crippen molar-refractivity contribution in [2.75, 3.05) is 26.0 Å². The van der Waals surface area contributed by atoms with Gasteiger partial charge in [-0.1, -0.05) is 56.3 Å². The lowest BCUT2D eigenvalue weighted by Crippen LogP contribution is -2.50. The standard InChI is InChI=1S/C25H34N2O3S/c1-4-16-26-25(29)23(5-2)27(17-15-20-9-7-6-8-10-20)24(28)19-31-18-21-11-13-22(30-3)14-12-21/h6-14,23H,4-5,15-19H2,1-3H3,(H,26,29)/t23-/m0/s1. The second-order valence-electron chi connectivity index (χ2n) is 7.38. The Morgan fingerprint density at radius 3 is 2.35 bits per heavy atom. The monoisotopic (exact) mass is 442 g/mol. The Balaban J connectivity index is 2.01. The zero-order valence-corrected chi connectivity index (χ0v) is 19.6. The first-order chi connectivity index (χ1) is 15.1. The van der Waals surface area contributed by atoms with Crippen LogP contribution in [0.5, 0.6) is 5.75 Å². The van der Waals surface area contributed by atoms with Crippen LogP contribution in [0.15, 0.2) is 54.6 Å². The molecule has 0 aliphatic heterocycles. The number of nitrogens with zero attached hydrogens (tertiary/aromatic N) is 1. The third-order valence-electron chi connectivity index (χ3n) is 5.07. The highest BCUT2D eigenvalue weighted by Crippen LogP contribution is 2.18. The molecule has 0 bridgehead atoms. The van der Waals surface area contributed by atoms with Crippen LogP contribution in [-0.2, 0) is 21.8 Å². The molecule has 6 heteroatoms. The number of rotatable bonds is 13. The minimum absolute atomic E-state index is 0.00735. The lowest BCUT2D eigenvalue weighted by molar-refractivity contribution is -0.138. The second kappa shape index (κ2) is 13.8. The summed E-state index contributed by atoms with van der Waals surface area (Å²) in [6.45, 7) is 5.14. The van der Waals surface area contributed by atoms with Crippen molar-refractivity contribution >= 4 is 23.6 Å². The molecule has 0 aromatic heterocycles. The maximum Gasteiger partial charge on any atom is 0.242 e. The maximum absolute atomic E-state index is 13.1. The molecule has 1 atom stereocenters. The summed E-state index contributed by atoms with van der Waals surface area (Å²) in [7, 11) is 1.65. The van der Waals surface area contributed by atoms with E-state index in [1.54, 1.807) is 23.8 Å². The molecular weight excluding hydrogens is 408 g/mol. The Morgan fingerprint density at radius 1 is 1.03 bits per heavy atom. The molecule has 2 aromatic carbocycles. The number of carbonyl (C=O) groups is 2. The first-order valence-corrected chi connectivity index (χ1v) is 12.1. The van der Waals surface area contributed by atoms with Crippen LogP contribution in [-0.4, -0.2) is 48.7 Å². The number of nitrogens with one attached hydrogen (secondary N) is 1. The van der Waals surface area contributed by atoms with E-state index in [2.05, 4.69) is 17.4 Å². The van der Waals surface area contributed by atoms with Crippen LogP contribution in [0, 0.1) is 0 Å². The van der Waals surface area contributed by atoms with Gasteiger partial charge in [0.1, 0.15) is 11.8 Å². The SMILES string of the molecule is CCCNC(=O)[C@H](CC)N(CCc1ccccc1)C(=O)CSCc1ccc(OC)cc1. The average molecular weight is 443 g/mol. The fourth-order valence-electron chi connectivity index (χ4n) is 3.32. The van der Waals surface area contributed by atoms with Crippen LogP contribution < -0.4 is 10.1 Å². The second-order valence-corrected chi connectivity index (χ2v) is 8.36. The summed E-state index contributed by atoms with van der Waals surface area (Å²) < 4.78 is 5.19. The van der Waals surface area contributed by atoms with Crippen molar-refractivity contribution in [3.05, 3.63) is 65.7 Å². The molecule has 0 spiro atoms. The van der Waals surface area contributed by atoms with E-state index in [0.29, 0.717) is 25.3 Å². The molecule has 0 radical (unpaired) electrons. The van der Waals surface area contributed by atoms with Gasteiger partial charge in [-0.05, 0) is 42.5 Å². The summed E-state index contributed by atoms with van der Waals surface area (Å²) in [6, 6.07) is 17.5. The zero-order chi connectivity index (χ0) is 22.5. The van der Waals surface area contributed by atoms with Gasteiger partial charge in [0.2, 0.25) is 11.8 Å². The molecule has 0 saturated carbocycles. The quantitative estimate of drug-likeness (QED) is 0.502. The van der Waals surface area contributed by atoms with Gasteiger partial charge in [-0.25, -0.2) is 0 Å². The zero-order valence-electron chi connectivity index (χ0n) is 18.8. The van der Waals surface area contributed by atoms with Gasteiger partial charge < -0.3 is 15.0 Å². The Hall–Kier alpha value is -2.47. The van der Waals surface area contributed by atoms with E-state index in [9.17, 15) is 9.59 Å². The molecule has 2 amide bonds. The number of hydrogen-bond acceptors (Lipinski definition) is 4. The van der Waals surface area contributed by atoms with Gasteiger partial charge in [0.25, 0.3) is 0 Å². The van der Waals surface area contributed by atoms with E-state index < -0.39 is 6.04 Å². The largest absolute Gasteiger partial charge is 0.497 e. The fraction of sp³-hybridized carbons (Fsp3) is 0.440. The van der Waals surface area contributed by atoms with Gasteiger partial charge in [-0.15, -0.1) is 11.8 Å². The number of amides is 2. The summed E-state index contributed by atoms with van der Waals surface area (Å²) in [4.78, 5) is 27.6. The molecular formula is C25H34N2O3S. The van der Waals surface area contributed by atoms with Crippen molar-refractivity contribution in [3.8, 4) is 5.75 Å². The molecule has 0 aliphatic carbocycles. The van der Waals surface area contributed by atoms with Crippen LogP contribution in [0.4, 0.5) is 0 Å². The lowest BCUT2D eigenvalue weighted by atomic mass is 10.1. The highest BCUT2D eigenvalue weighted by molar-refractivity contribution is 7.99. The highest BCUT2D eigenvalue weighted by Gasteiger charge is 2.27. The molecule has 2 rings (SSSR count). The molecule has 2 aromatic rings. The number of thioether (sulfide) groups is 1. The van der Waals surface area contributed by atoms with Crippen molar-refractivity contribution < 1.29 is 14.3 Å². The van der Waals surface area contributed by atoms with Crippen LogP contribution >= 0.6 is 11.8 Å². The summed E-state index contributed by atoms with van der Waals surface area (Å²) in [5.41, 5.74) is 2.30. The van der Waals surface area contributed by atoms with Crippen LogP contribution in [0.1, 0.15) is 37.8 Å². The summed E-state index contributed by atoms with van der Waals surface area (Å²) >= 11 is 1.57. The third-order valence-corrected chi connectivity index (χ3v) is 6.06. The Kier molecular flexibility index (Phi) is 11.0. The molecule has 0 saturated heterocycles. The van der Waals surface area contributed by atoms with E-state index in [-0.39, 0.29) is 11.8 Å². The number of ether oxygens (including phenoxy) is 1. The van der Waals surface area contributed by atoms with Gasteiger partial charge in [-0.2, -0.15) is 0 Å². The van der Waals surface area contributed by atoms with Gasteiger partial charge in [0.15, 0.2) is 0 Å². The van der Waals surface area contributed by atoms with E-state index in [4.69, 9.17) is 4.74 Å². The first-order valence-electron chi connectivity index (χ1n) is 10.9. The van der Waals surface area contributed by atoms with E-state index in [1.165, 1.54) is 0 Å². The smallest absolute Gasteiger partial charge is 0.242 e. The highest BCUT2D eigenvalue weighted by atomic mass is 32.2. The number of carbonyl (C=O) groups excluding carboxylic acids is 2. The predicted molar refractivity (Wildman–Crippen MR) is 128 cm³/mol. The minimum Gasteiger partial charge on any atom is -0.497 e. The molecule has 0 heterocycles. The summed E-state index contributed by atoms with van der Waals surface area (Å²) in [6.07, 6.45) is 2.20. The molecule has 0 aliphatic rings. The van der Waals surface area contributed by atoms with E-state index in [0.717, 1.165) is 35.5 Å². The van der Waals surface area contributed by atoms with Crippen LogP contribution in [0.2, 0.25) is 0 Å². The molecule has 0 unspecified atom stereocenters.